The molecule has 6 aliphatic rings. The third-order valence-electron chi connectivity index (χ3n) is 11.9. The largest absolute Gasteiger partial charge is 0.515 e. The molecule has 0 radical (unpaired) electrons. The van der Waals surface area contributed by atoms with Gasteiger partial charge in [0.15, 0.2) is 0 Å². The Hall–Kier alpha value is -4.24. The van der Waals surface area contributed by atoms with Gasteiger partial charge in [0.2, 0.25) is 0 Å². The van der Waals surface area contributed by atoms with Crippen LogP contribution >= 0.6 is 0 Å². The van der Waals surface area contributed by atoms with Crippen molar-refractivity contribution in [3.8, 4) is 0 Å². The lowest BCUT2D eigenvalue weighted by Crippen LogP contribution is -2.95. The van der Waals surface area contributed by atoms with E-state index >= 15 is 0 Å². The molecule has 6 heterocycles. The van der Waals surface area contributed by atoms with Crippen LogP contribution in [0.25, 0.3) is 0 Å². The molecule has 6 aliphatic heterocycles. The molecule has 0 spiro atoms. The van der Waals surface area contributed by atoms with E-state index in [1.165, 1.54) is 0 Å². The SMILES string of the molecule is NCCC[Si]12O[Si]3(c4ccccc4)O[Si]4(c5ccccc5)O[Si](c5ccccc5)(O1)O[Si]1(c5ccccc5)O[Si](c5ccccc5)(O2)O[Si](c2ccccc2)(O3)O[Si](c2ccccc2)(O4)O1. The Morgan fingerprint density at radius 2 is 0.409 bits per heavy atom. The molecule has 0 unspecified atom stereocenters. The molecule has 0 saturated carbocycles. The lowest BCUT2D eigenvalue weighted by molar-refractivity contribution is -0.00669. The molecule has 0 atom stereocenters. The molecule has 7 aromatic carbocycles. The van der Waals surface area contributed by atoms with Gasteiger partial charge in [0.1, 0.15) is 0 Å². The average Bonchev–Trinajstić information content (AvgIpc) is 3.34. The first kappa shape index (κ1) is 43.1. The predicted molar refractivity (Wildman–Crippen MR) is 260 cm³/mol. The summed E-state index contributed by atoms with van der Waals surface area (Å²) in [5.74, 6) is 0. The van der Waals surface area contributed by atoms with Gasteiger partial charge in [0, 0.05) is 42.4 Å². The predicted octanol–water partition coefficient (Wildman–Crippen LogP) is 2.46. The number of hydrogen-bond acceptors (Lipinski definition) is 13. The van der Waals surface area contributed by atoms with Gasteiger partial charge in [-0.3, -0.25) is 0 Å². The van der Waals surface area contributed by atoms with Crippen molar-refractivity contribution in [3.63, 3.8) is 0 Å². The van der Waals surface area contributed by atoms with Gasteiger partial charge in [-0.05, 0) is 13.0 Å². The summed E-state index contributed by atoms with van der Waals surface area (Å²) in [7, 11) is -37.2. The highest BCUT2D eigenvalue weighted by Gasteiger charge is 2.86. The summed E-state index contributed by atoms with van der Waals surface area (Å²) in [5, 5.41) is 4.07. The Morgan fingerprint density at radius 3 is 0.576 bits per heavy atom. The summed E-state index contributed by atoms with van der Waals surface area (Å²) in [5.41, 5.74) is 6.43. The number of benzene rings is 7. The van der Waals surface area contributed by atoms with Crippen molar-refractivity contribution in [2.75, 3.05) is 6.54 Å². The third-order valence-corrected chi connectivity index (χ3v) is 46.4. The van der Waals surface area contributed by atoms with E-state index in [1.54, 1.807) is 0 Å². The van der Waals surface area contributed by atoms with Gasteiger partial charge in [-0.25, -0.2) is 0 Å². The van der Waals surface area contributed by atoms with Crippen molar-refractivity contribution in [2.24, 2.45) is 5.73 Å². The number of nitrogens with two attached hydrogens (primary N) is 1. The van der Waals surface area contributed by atoms with Crippen LogP contribution in [0.2, 0.25) is 6.04 Å². The van der Waals surface area contributed by atoms with Crippen LogP contribution in [0.3, 0.4) is 0 Å². The summed E-state index contributed by atoms with van der Waals surface area (Å²) in [6.07, 6.45) is 0.418. The Labute approximate surface area is 391 Å². The Balaban J connectivity index is 1.29. The quantitative estimate of drug-likeness (QED) is 0.201. The second kappa shape index (κ2) is 16.5. The van der Waals surface area contributed by atoms with Gasteiger partial charge in [0.05, 0.1) is 0 Å². The van der Waals surface area contributed by atoms with E-state index in [-0.39, 0.29) is 12.6 Å². The molecule has 8 bridgehead atoms. The zero-order valence-corrected chi connectivity index (χ0v) is 43.3. The molecular weight excluding hydrogens is 971 g/mol. The molecule has 21 heteroatoms. The Morgan fingerprint density at radius 1 is 0.242 bits per heavy atom. The van der Waals surface area contributed by atoms with Crippen LogP contribution in [0.5, 0.6) is 0 Å². The Bertz CT molecular complexity index is 2530. The second-order valence-electron chi connectivity index (χ2n) is 16.3. The van der Waals surface area contributed by atoms with Gasteiger partial charge in [0.25, 0.3) is 0 Å². The second-order valence-corrected chi connectivity index (χ2v) is 39.7. The maximum absolute atomic E-state index is 8.06. The monoisotopic (exact) mass is 1010 g/mol. The first-order valence-electron chi connectivity index (χ1n) is 21.8. The zero-order chi connectivity index (χ0) is 44.4. The lowest BCUT2D eigenvalue weighted by atomic mass is 10.4. The highest BCUT2D eigenvalue weighted by molar-refractivity contribution is 7.13. The molecule has 0 amide bonds. The molecule has 6 fully saturated rings. The lowest BCUT2D eigenvalue weighted by Gasteiger charge is -2.62. The normalized spacial score (nSPS) is 34.4. The highest BCUT2D eigenvalue weighted by Crippen LogP contribution is 2.49. The smallest absolute Gasteiger partial charge is 0.370 e. The molecule has 0 aliphatic carbocycles. The maximum atomic E-state index is 8.06. The molecule has 332 valence electrons. The molecule has 13 rings (SSSR count). The molecule has 66 heavy (non-hydrogen) atoms. The third kappa shape index (κ3) is 7.07. The van der Waals surface area contributed by atoms with Crippen LogP contribution in [0.1, 0.15) is 6.42 Å². The van der Waals surface area contributed by atoms with Crippen LogP contribution in [-0.4, -0.2) is 77.0 Å². The molecule has 13 nitrogen and oxygen atoms in total. The van der Waals surface area contributed by atoms with Crippen molar-refractivity contribution >= 4 is 107 Å². The summed E-state index contributed by atoms with van der Waals surface area (Å²) < 4.78 is 96.3. The fourth-order valence-corrected chi connectivity index (χ4v) is 55.5. The summed E-state index contributed by atoms with van der Waals surface area (Å²) >= 11 is 0. The van der Waals surface area contributed by atoms with E-state index in [0.717, 1.165) is 0 Å². The summed E-state index contributed by atoms with van der Waals surface area (Å²) in [6.45, 7) is 0.282. The van der Waals surface area contributed by atoms with Crippen molar-refractivity contribution in [3.05, 3.63) is 212 Å². The molecule has 0 aromatic heterocycles. The first-order valence-corrected chi connectivity index (χ1v) is 35.8. The van der Waals surface area contributed by atoms with E-state index in [9.17, 15) is 0 Å². The van der Waals surface area contributed by atoms with Crippen molar-refractivity contribution in [2.45, 2.75) is 12.5 Å². The van der Waals surface area contributed by atoms with Crippen LogP contribution < -0.4 is 42.0 Å². The molecular formula is C45H43NO12Si8. The van der Waals surface area contributed by atoms with Crippen molar-refractivity contribution < 1.29 is 49.4 Å². The average molecular weight is 1010 g/mol. The van der Waals surface area contributed by atoms with Crippen molar-refractivity contribution in [1.82, 2.24) is 0 Å². The number of hydrogen-bond donors (Lipinski definition) is 1. The van der Waals surface area contributed by atoms with E-state index in [0.29, 0.717) is 42.7 Å². The van der Waals surface area contributed by atoms with E-state index < -0.39 is 70.4 Å². The topological polar surface area (TPSA) is 137 Å². The van der Waals surface area contributed by atoms with Gasteiger partial charge >= 0.3 is 70.4 Å². The van der Waals surface area contributed by atoms with E-state index in [4.69, 9.17) is 55.1 Å². The van der Waals surface area contributed by atoms with Crippen LogP contribution in [-0.2, 0) is 49.4 Å². The fourth-order valence-electron chi connectivity index (χ4n) is 8.91. The van der Waals surface area contributed by atoms with E-state index in [1.807, 2.05) is 212 Å². The fraction of sp³-hybridized carbons (Fsp3) is 0.0667. The minimum Gasteiger partial charge on any atom is -0.370 e. The van der Waals surface area contributed by atoms with Gasteiger partial charge in [-0.15, -0.1) is 0 Å². The summed E-state index contributed by atoms with van der Waals surface area (Å²) in [6, 6.07) is 67.4. The summed E-state index contributed by atoms with van der Waals surface area (Å²) in [4.78, 5) is 0. The minimum atomic E-state index is -4.71. The van der Waals surface area contributed by atoms with E-state index in [2.05, 4.69) is 0 Å². The van der Waals surface area contributed by atoms with Crippen molar-refractivity contribution in [1.29, 1.82) is 0 Å². The Kier molecular flexibility index (Phi) is 10.7. The zero-order valence-electron chi connectivity index (χ0n) is 35.3. The highest BCUT2D eigenvalue weighted by atomic mass is 28.6. The molecule has 2 N–H and O–H groups in total. The number of rotatable bonds is 10. The minimum absolute atomic E-state index is 0.186. The van der Waals surface area contributed by atoms with Gasteiger partial charge in [-0.1, -0.05) is 212 Å². The molecule has 7 aromatic rings. The van der Waals surface area contributed by atoms with Crippen LogP contribution in [0.15, 0.2) is 212 Å². The first-order chi connectivity index (χ1) is 32.3. The van der Waals surface area contributed by atoms with Crippen LogP contribution in [0, 0.1) is 0 Å². The van der Waals surface area contributed by atoms with Gasteiger partial charge < -0.3 is 55.1 Å². The standard InChI is InChI=1S/C45H43NO12Si8/c46-37-22-38-59-47-60(39-23-8-1-9-24-39)50-63(42-29-14-4-15-30-42)52-61(48-59,40-25-10-2-11-26-40)54-65(44-33-18-6-19-34-44)55-62(49-59,41-27-12-3-13-28-41)53-64(51-60,43-31-16-5-17-32-43)57-66(56-63,58-65)45-35-20-7-21-36-45/h1-21,23-36H,22,37-38,46H2. The van der Waals surface area contributed by atoms with Crippen LogP contribution in [0.4, 0.5) is 0 Å². The molecule has 6 saturated heterocycles. The van der Waals surface area contributed by atoms with Gasteiger partial charge in [-0.2, -0.15) is 0 Å². The maximum Gasteiger partial charge on any atom is 0.515 e.